The van der Waals surface area contributed by atoms with E-state index in [0.717, 1.165) is 26.9 Å². The number of nitrogens with zero attached hydrogens (tertiary/aromatic N) is 5. The van der Waals surface area contributed by atoms with E-state index in [4.69, 9.17) is 0 Å². The lowest BCUT2D eigenvalue weighted by Gasteiger charge is -2.22. The van der Waals surface area contributed by atoms with Gasteiger partial charge in [0.15, 0.2) is 0 Å². The van der Waals surface area contributed by atoms with Crippen molar-refractivity contribution in [2.75, 3.05) is 7.05 Å². The van der Waals surface area contributed by atoms with Crippen LogP contribution in [0.4, 0.5) is 0 Å². The largest absolute Gasteiger partial charge is 0.338 e. The zero-order chi connectivity index (χ0) is 16.4. The summed E-state index contributed by atoms with van der Waals surface area (Å²) in [5.74, 6) is 0.00533. The number of amides is 1. The number of aryl methyl sites for hydroxylation is 2. The second-order valence-electron chi connectivity index (χ2n) is 5.17. The number of aromatic nitrogens is 4. The molecule has 120 valence electrons. The van der Waals surface area contributed by atoms with Crippen molar-refractivity contribution in [2.24, 2.45) is 0 Å². The molecule has 2 rings (SSSR count). The van der Waals surface area contributed by atoms with Gasteiger partial charge in [0.25, 0.3) is 0 Å². The SMILES string of the molecule is CCn1ncc(Br)c1CN(C)C(=O)C(C)n1cc(Br)c(C)n1. The van der Waals surface area contributed by atoms with Crippen LogP contribution in [-0.2, 0) is 17.9 Å². The van der Waals surface area contributed by atoms with Gasteiger partial charge < -0.3 is 4.90 Å². The van der Waals surface area contributed by atoms with Crippen molar-refractivity contribution in [1.82, 2.24) is 24.5 Å². The minimum atomic E-state index is -0.355. The lowest BCUT2D eigenvalue weighted by molar-refractivity contribution is -0.133. The van der Waals surface area contributed by atoms with E-state index < -0.39 is 0 Å². The van der Waals surface area contributed by atoms with E-state index in [1.54, 1.807) is 22.8 Å². The first-order valence-electron chi connectivity index (χ1n) is 7.01. The number of likely N-dealkylation sites (N-methyl/N-ethyl adjacent to an activating group) is 1. The van der Waals surface area contributed by atoms with E-state index in [9.17, 15) is 4.79 Å². The summed E-state index contributed by atoms with van der Waals surface area (Å²) in [6, 6.07) is -0.355. The highest BCUT2D eigenvalue weighted by atomic mass is 79.9. The molecule has 0 aliphatic rings. The van der Waals surface area contributed by atoms with Gasteiger partial charge in [0.1, 0.15) is 6.04 Å². The highest BCUT2D eigenvalue weighted by molar-refractivity contribution is 9.10. The Kier molecular flexibility index (Phi) is 5.44. The fourth-order valence-corrected chi connectivity index (χ4v) is 2.92. The minimum Gasteiger partial charge on any atom is -0.338 e. The minimum absolute atomic E-state index is 0.00533. The Hall–Kier alpha value is -1.15. The first-order chi connectivity index (χ1) is 10.3. The molecule has 0 N–H and O–H groups in total. The fourth-order valence-electron chi connectivity index (χ4n) is 2.21. The first-order valence-corrected chi connectivity index (χ1v) is 8.60. The van der Waals surface area contributed by atoms with Gasteiger partial charge in [-0.3, -0.25) is 14.2 Å². The van der Waals surface area contributed by atoms with Crippen LogP contribution >= 0.6 is 31.9 Å². The molecule has 1 unspecified atom stereocenters. The maximum Gasteiger partial charge on any atom is 0.247 e. The van der Waals surface area contributed by atoms with Crippen molar-refractivity contribution in [3.8, 4) is 0 Å². The van der Waals surface area contributed by atoms with Crippen LogP contribution in [0.2, 0.25) is 0 Å². The molecule has 0 aromatic carbocycles. The molecule has 2 heterocycles. The van der Waals surface area contributed by atoms with Crippen LogP contribution in [0, 0.1) is 6.92 Å². The lowest BCUT2D eigenvalue weighted by atomic mass is 10.3. The second-order valence-corrected chi connectivity index (χ2v) is 6.88. The number of hydrogen-bond donors (Lipinski definition) is 0. The molecule has 0 fully saturated rings. The number of carbonyl (C=O) groups excluding carboxylic acids is 1. The highest BCUT2D eigenvalue weighted by Crippen LogP contribution is 2.21. The molecule has 0 spiro atoms. The lowest BCUT2D eigenvalue weighted by Crippen LogP contribution is -2.33. The highest BCUT2D eigenvalue weighted by Gasteiger charge is 2.22. The van der Waals surface area contributed by atoms with Crippen LogP contribution in [0.3, 0.4) is 0 Å². The molecule has 0 saturated heterocycles. The predicted molar refractivity (Wildman–Crippen MR) is 91.5 cm³/mol. The monoisotopic (exact) mass is 431 g/mol. The zero-order valence-corrected chi connectivity index (χ0v) is 16.2. The summed E-state index contributed by atoms with van der Waals surface area (Å²) in [6.45, 7) is 7.04. The molecule has 0 aliphatic heterocycles. The van der Waals surface area contributed by atoms with Gasteiger partial charge in [0.05, 0.1) is 33.1 Å². The summed E-state index contributed by atoms with van der Waals surface area (Å²) in [7, 11) is 1.80. The summed E-state index contributed by atoms with van der Waals surface area (Å²) in [5.41, 5.74) is 1.86. The molecule has 0 aliphatic carbocycles. The van der Waals surface area contributed by atoms with Crippen molar-refractivity contribution in [3.05, 3.63) is 32.7 Å². The van der Waals surface area contributed by atoms with E-state index in [1.165, 1.54) is 0 Å². The van der Waals surface area contributed by atoms with Gasteiger partial charge in [-0.1, -0.05) is 0 Å². The fraction of sp³-hybridized carbons (Fsp3) is 0.500. The summed E-state index contributed by atoms with van der Waals surface area (Å²) < 4.78 is 5.39. The number of rotatable bonds is 5. The Labute approximate surface area is 146 Å². The molecule has 1 atom stereocenters. The molecule has 0 radical (unpaired) electrons. The topological polar surface area (TPSA) is 56.0 Å². The number of carbonyl (C=O) groups is 1. The zero-order valence-electron chi connectivity index (χ0n) is 13.0. The summed E-state index contributed by atoms with van der Waals surface area (Å²) in [4.78, 5) is 14.3. The van der Waals surface area contributed by atoms with Gasteiger partial charge in [0.2, 0.25) is 5.91 Å². The van der Waals surface area contributed by atoms with Gasteiger partial charge >= 0.3 is 0 Å². The normalized spacial score (nSPS) is 12.5. The Morgan fingerprint density at radius 3 is 2.64 bits per heavy atom. The van der Waals surface area contributed by atoms with Crippen LogP contribution in [0.1, 0.15) is 31.3 Å². The maximum absolute atomic E-state index is 12.6. The van der Waals surface area contributed by atoms with Crippen molar-refractivity contribution in [1.29, 1.82) is 0 Å². The maximum atomic E-state index is 12.6. The van der Waals surface area contributed by atoms with Gasteiger partial charge in [-0.15, -0.1) is 0 Å². The quantitative estimate of drug-likeness (QED) is 0.729. The van der Waals surface area contributed by atoms with Crippen molar-refractivity contribution in [3.63, 3.8) is 0 Å². The molecule has 0 saturated carbocycles. The van der Waals surface area contributed by atoms with Gasteiger partial charge in [-0.05, 0) is 52.6 Å². The van der Waals surface area contributed by atoms with Crippen LogP contribution in [0.15, 0.2) is 21.3 Å². The smallest absolute Gasteiger partial charge is 0.247 e. The summed E-state index contributed by atoms with van der Waals surface area (Å²) in [5, 5.41) is 8.63. The number of halogens is 2. The molecular weight excluding hydrogens is 414 g/mol. The predicted octanol–water partition coefficient (Wildman–Crippen LogP) is 3.15. The third-order valence-electron chi connectivity index (χ3n) is 3.57. The molecule has 2 aromatic rings. The van der Waals surface area contributed by atoms with Crippen molar-refractivity contribution in [2.45, 2.75) is 39.9 Å². The van der Waals surface area contributed by atoms with Crippen LogP contribution < -0.4 is 0 Å². The van der Waals surface area contributed by atoms with Gasteiger partial charge in [0, 0.05) is 19.8 Å². The summed E-state index contributed by atoms with van der Waals surface area (Å²) >= 11 is 6.91. The standard InChI is InChI=1S/C14H19Br2N5O/c1-5-20-13(11(15)6-17-20)8-19(4)14(22)10(3)21-7-12(16)9(2)18-21/h6-7,10H,5,8H2,1-4H3. The van der Waals surface area contributed by atoms with E-state index in [2.05, 4.69) is 42.1 Å². The van der Waals surface area contributed by atoms with Gasteiger partial charge in [-0.25, -0.2) is 0 Å². The molecule has 2 aromatic heterocycles. The average molecular weight is 433 g/mol. The van der Waals surface area contributed by atoms with E-state index in [-0.39, 0.29) is 11.9 Å². The van der Waals surface area contributed by atoms with Gasteiger partial charge in [-0.2, -0.15) is 10.2 Å². The Balaban J connectivity index is 2.13. The van der Waals surface area contributed by atoms with E-state index in [1.807, 2.05) is 31.6 Å². The third kappa shape index (κ3) is 3.43. The molecule has 22 heavy (non-hydrogen) atoms. The van der Waals surface area contributed by atoms with Crippen LogP contribution in [-0.4, -0.2) is 37.4 Å². The first kappa shape index (κ1) is 17.2. The van der Waals surface area contributed by atoms with E-state index in [0.29, 0.717) is 6.54 Å². The Morgan fingerprint density at radius 2 is 2.09 bits per heavy atom. The molecule has 0 bridgehead atoms. The number of hydrogen-bond acceptors (Lipinski definition) is 3. The van der Waals surface area contributed by atoms with Crippen molar-refractivity contribution >= 4 is 37.8 Å². The van der Waals surface area contributed by atoms with Crippen LogP contribution in [0.5, 0.6) is 0 Å². The second kappa shape index (κ2) is 6.95. The molecule has 8 heteroatoms. The van der Waals surface area contributed by atoms with Crippen molar-refractivity contribution < 1.29 is 4.79 Å². The summed E-state index contributed by atoms with van der Waals surface area (Å²) in [6.07, 6.45) is 3.59. The molecular formula is C14H19Br2N5O. The third-order valence-corrected chi connectivity index (χ3v) is 5.01. The van der Waals surface area contributed by atoms with E-state index >= 15 is 0 Å². The average Bonchev–Trinajstić information content (AvgIpc) is 3.01. The molecule has 6 nitrogen and oxygen atoms in total. The molecule has 1 amide bonds. The Morgan fingerprint density at radius 1 is 1.41 bits per heavy atom. The van der Waals surface area contributed by atoms with Crippen LogP contribution in [0.25, 0.3) is 0 Å². The Bertz CT molecular complexity index is 659.